The predicted molar refractivity (Wildman–Crippen MR) is 107 cm³/mol. The maximum atomic E-state index is 12.8. The van der Waals surface area contributed by atoms with Crippen LogP contribution in [0, 0.1) is 0 Å². The first kappa shape index (κ1) is 18.6. The third-order valence-corrected chi connectivity index (χ3v) is 5.43. The maximum Gasteiger partial charge on any atom is 0.256 e. The zero-order valence-corrected chi connectivity index (χ0v) is 16.4. The number of hydrogen-bond acceptors (Lipinski definition) is 7. The van der Waals surface area contributed by atoms with Crippen LogP contribution in [0.2, 0.25) is 0 Å². The zero-order valence-electron chi connectivity index (χ0n) is 15.6. The number of thioether (sulfide) groups is 1. The Morgan fingerprint density at radius 2 is 1.89 bits per heavy atom. The number of piperazine rings is 1. The van der Waals surface area contributed by atoms with Crippen molar-refractivity contribution in [3.05, 3.63) is 60.1 Å². The molecule has 2 aromatic heterocycles. The average Bonchev–Trinajstić information content (AvgIpc) is 3.23. The molecule has 0 radical (unpaired) electrons. The molecule has 28 heavy (non-hydrogen) atoms. The van der Waals surface area contributed by atoms with Crippen LogP contribution in [0.15, 0.2) is 58.2 Å². The van der Waals surface area contributed by atoms with Gasteiger partial charge >= 0.3 is 0 Å². The van der Waals surface area contributed by atoms with Crippen LogP contribution in [-0.2, 0) is 6.54 Å². The summed E-state index contributed by atoms with van der Waals surface area (Å²) in [5, 5.41) is 4.84. The minimum absolute atomic E-state index is 0.0428. The minimum Gasteiger partial charge on any atom is -0.338 e. The van der Waals surface area contributed by atoms with E-state index in [0.717, 1.165) is 23.7 Å². The number of amides is 1. The van der Waals surface area contributed by atoms with Gasteiger partial charge in [-0.15, -0.1) is 11.8 Å². The number of nitrogens with zero attached hydrogens (tertiary/aromatic N) is 5. The van der Waals surface area contributed by atoms with Crippen LogP contribution in [0.4, 0.5) is 0 Å². The van der Waals surface area contributed by atoms with E-state index in [4.69, 9.17) is 4.52 Å². The van der Waals surface area contributed by atoms with Crippen molar-refractivity contribution in [3.63, 3.8) is 0 Å². The second kappa shape index (κ2) is 8.53. The first-order chi connectivity index (χ1) is 13.7. The Kier molecular flexibility index (Phi) is 5.68. The molecule has 1 aliphatic rings. The Bertz CT molecular complexity index is 939. The van der Waals surface area contributed by atoms with Crippen molar-refractivity contribution in [2.45, 2.75) is 11.6 Å². The van der Waals surface area contributed by atoms with Crippen molar-refractivity contribution >= 4 is 17.7 Å². The van der Waals surface area contributed by atoms with Gasteiger partial charge < -0.3 is 9.42 Å². The zero-order chi connectivity index (χ0) is 19.3. The SMILES string of the molecule is CSc1ncccc1C(=O)N1CCN(Cc2nc(-c3ccccc3)no2)CC1. The molecule has 3 aromatic rings. The molecule has 0 atom stereocenters. The van der Waals surface area contributed by atoms with Crippen molar-refractivity contribution in [1.29, 1.82) is 0 Å². The van der Waals surface area contributed by atoms with Gasteiger partial charge in [-0.2, -0.15) is 4.98 Å². The number of rotatable bonds is 5. The molecule has 3 heterocycles. The fourth-order valence-corrected chi connectivity index (χ4v) is 3.75. The number of carbonyl (C=O) groups excluding carboxylic acids is 1. The van der Waals surface area contributed by atoms with Crippen molar-refractivity contribution in [3.8, 4) is 11.4 Å². The monoisotopic (exact) mass is 395 g/mol. The maximum absolute atomic E-state index is 12.8. The fraction of sp³-hybridized carbons (Fsp3) is 0.300. The van der Waals surface area contributed by atoms with E-state index < -0.39 is 0 Å². The molecule has 1 aliphatic heterocycles. The standard InChI is InChI=1S/C20H21N5O2S/c1-28-19-16(8-5-9-21-19)20(26)25-12-10-24(11-13-25)14-17-22-18(23-27-17)15-6-3-2-4-7-15/h2-9H,10-14H2,1H3. The second-order valence-corrected chi connectivity index (χ2v) is 7.30. The summed E-state index contributed by atoms with van der Waals surface area (Å²) in [6, 6.07) is 13.4. The third kappa shape index (κ3) is 4.07. The highest BCUT2D eigenvalue weighted by Crippen LogP contribution is 2.20. The van der Waals surface area contributed by atoms with Crippen LogP contribution >= 0.6 is 11.8 Å². The van der Waals surface area contributed by atoms with Crippen molar-refractivity contribution < 1.29 is 9.32 Å². The second-order valence-electron chi connectivity index (χ2n) is 6.51. The fourth-order valence-electron chi connectivity index (χ4n) is 3.21. The molecule has 7 nitrogen and oxygen atoms in total. The van der Waals surface area contributed by atoms with Gasteiger partial charge in [0.25, 0.3) is 5.91 Å². The Balaban J connectivity index is 1.35. The summed E-state index contributed by atoms with van der Waals surface area (Å²) in [5.74, 6) is 1.24. The van der Waals surface area contributed by atoms with E-state index in [0.29, 0.717) is 36.9 Å². The smallest absolute Gasteiger partial charge is 0.256 e. The van der Waals surface area contributed by atoms with E-state index in [9.17, 15) is 4.79 Å². The van der Waals surface area contributed by atoms with Gasteiger partial charge in [0.2, 0.25) is 11.7 Å². The molecule has 4 rings (SSSR count). The van der Waals surface area contributed by atoms with Gasteiger partial charge in [0, 0.05) is 37.9 Å². The number of benzene rings is 1. The van der Waals surface area contributed by atoms with Crippen LogP contribution in [0.5, 0.6) is 0 Å². The lowest BCUT2D eigenvalue weighted by Gasteiger charge is -2.34. The van der Waals surface area contributed by atoms with Gasteiger partial charge in [-0.1, -0.05) is 35.5 Å². The number of aromatic nitrogens is 3. The molecular weight excluding hydrogens is 374 g/mol. The molecule has 144 valence electrons. The Labute approximate surface area is 167 Å². The van der Waals surface area contributed by atoms with E-state index in [1.807, 2.05) is 53.6 Å². The highest BCUT2D eigenvalue weighted by atomic mass is 32.2. The van der Waals surface area contributed by atoms with Crippen molar-refractivity contribution in [1.82, 2.24) is 24.9 Å². The average molecular weight is 395 g/mol. The first-order valence-corrected chi connectivity index (χ1v) is 10.4. The van der Waals surface area contributed by atoms with Crippen molar-refractivity contribution in [2.24, 2.45) is 0 Å². The summed E-state index contributed by atoms with van der Waals surface area (Å²) in [6.45, 7) is 3.46. The van der Waals surface area contributed by atoms with Gasteiger partial charge in [-0.05, 0) is 18.4 Å². The van der Waals surface area contributed by atoms with Crippen LogP contribution in [-0.4, -0.2) is 63.3 Å². The van der Waals surface area contributed by atoms with Gasteiger partial charge in [0.05, 0.1) is 12.1 Å². The van der Waals surface area contributed by atoms with Crippen LogP contribution in [0.3, 0.4) is 0 Å². The van der Waals surface area contributed by atoms with Gasteiger partial charge in [0.1, 0.15) is 5.03 Å². The van der Waals surface area contributed by atoms with Crippen LogP contribution in [0.1, 0.15) is 16.2 Å². The highest BCUT2D eigenvalue weighted by molar-refractivity contribution is 7.98. The molecule has 1 amide bonds. The number of hydrogen-bond donors (Lipinski definition) is 0. The number of carbonyl (C=O) groups is 1. The molecule has 0 unspecified atom stereocenters. The Morgan fingerprint density at radius 1 is 1.11 bits per heavy atom. The number of pyridine rings is 1. The summed E-state index contributed by atoms with van der Waals surface area (Å²) in [7, 11) is 0. The van der Waals surface area contributed by atoms with E-state index in [1.165, 1.54) is 11.8 Å². The lowest BCUT2D eigenvalue weighted by Crippen LogP contribution is -2.48. The van der Waals surface area contributed by atoms with E-state index in [2.05, 4.69) is 20.0 Å². The quantitative estimate of drug-likeness (QED) is 0.615. The Morgan fingerprint density at radius 3 is 2.64 bits per heavy atom. The normalized spacial score (nSPS) is 15.0. The van der Waals surface area contributed by atoms with Gasteiger partial charge in [0.15, 0.2) is 0 Å². The van der Waals surface area contributed by atoms with E-state index in [-0.39, 0.29) is 5.91 Å². The molecule has 1 aromatic carbocycles. The molecule has 1 saturated heterocycles. The summed E-state index contributed by atoms with van der Waals surface area (Å²) < 4.78 is 5.40. The molecule has 0 saturated carbocycles. The Hall–Kier alpha value is -2.71. The molecular formula is C20H21N5O2S. The first-order valence-electron chi connectivity index (χ1n) is 9.13. The van der Waals surface area contributed by atoms with Crippen molar-refractivity contribution in [2.75, 3.05) is 32.4 Å². The molecule has 1 fully saturated rings. The lowest BCUT2D eigenvalue weighted by atomic mass is 10.2. The van der Waals surface area contributed by atoms with E-state index >= 15 is 0 Å². The molecule has 0 bridgehead atoms. The summed E-state index contributed by atoms with van der Waals surface area (Å²) in [6.07, 6.45) is 3.65. The van der Waals surface area contributed by atoms with Crippen LogP contribution < -0.4 is 0 Å². The summed E-state index contributed by atoms with van der Waals surface area (Å²) >= 11 is 1.49. The summed E-state index contributed by atoms with van der Waals surface area (Å²) in [4.78, 5) is 25.7. The van der Waals surface area contributed by atoms with Gasteiger partial charge in [-0.3, -0.25) is 9.69 Å². The molecule has 0 N–H and O–H groups in total. The highest BCUT2D eigenvalue weighted by Gasteiger charge is 2.25. The van der Waals surface area contributed by atoms with E-state index in [1.54, 1.807) is 6.20 Å². The topological polar surface area (TPSA) is 75.4 Å². The molecule has 8 heteroatoms. The van der Waals surface area contributed by atoms with Gasteiger partial charge in [-0.25, -0.2) is 4.98 Å². The van der Waals surface area contributed by atoms with Crippen LogP contribution in [0.25, 0.3) is 11.4 Å². The molecule has 0 spiro atoms. The summed E-state index contributed by atoms with van der Waals surface area (Å²) in [5.41, 5.74) is 1.61. The lowest BCUT2D eigenvalue weighted by molar-refractivity contribution is 0.0611. The third-order valence-electron chi connectivity index (χ3n) is 4.71. The predicted octanol–water partition coefficient (Wildman–Crippen LogP) is 2.81. The minimum atomic E-state index is 0.0428. The largest absolute Gasteiger partial charge is 0.338 e. The molecule has 0 aliphatic carbocycles.